The number of hydrogen-bond donors (Lipinski definition) is 0. The van der Waals surface area contributed by atoms with E-state index in [4.69, 9.17) is 0 Å². The molecule has 3 nitrogen and oxygen atoms in total. The van der Waals surface area contributed by atoms with Gasteiger partial charge in [0.15, 0.2) is 5.78 Å². The molecule has 92 valence electrons. The van der Waals surface area contributed by atoms with Gasteiger partial charge in [-0.1, -0.05) is 12.5 Å². The minimum atomic E-state index is 0.264. The van der Waals surface area contributed by atoms with Crippen LogP contribution in [0.15, 0.2) is 16.1 Å². The van der Waals surface area contributed by atoms with E-state index in [2.05, 4.69) is 28.0 Å². The molecule has 0 N–H and O–H groups in total. The first-order valence-corrected chi connectivity index (χ1v) is 6.83. The smallest absolute Gasteiger partial charge is 0.155 e. The number of aromatic nitrogens is 2. The molecular formula is C13H17BrN2O. The molecule has 0 amide bonds. The summed E-state index contributed by atoms with van der Waals surface area (Å²) >= 11 is 3.61. The normalized spacial score (nSPS) is 16.2. The van der Waals surface area contributed by atoms with E-state index in [1.54, 1.807) is 0 Å². The van der Waals surface area contributed by atoms with Crippen LogP contribution in [0.25, 0.3) is 0 Å². The first-order valence-electron chi connectivity index (χ1n) is 6.04. The van der Waals surface area contributed by atoms with Crippen molar-refractivity contribution in [2.75, 3.05) is 0 Å². The quantitative estimate of drug-likeness (QED) is 0.859. The molecule has 0 radical (unpaired) electrons. The van der Waals surface area contributed by atoms with Crippen LogP contribution in [0.4, 0.5) is 0 Å². The number of hydrogen-bond acceptors (Lipinski definition) is 2. The highest BCUT2D eigenvalue weighted by molar-refractivity contribution is 9.10. The van der Waals surface area contributed by atoms with E-state index in [0.29, 0.717) is 6.42 Å². The number of aryl methyl sites for hydroxylation is 2. The fourth-order valence-corrected chi connectivity index (χ4v) is 2.98. The first kappa shape index (κ1) is 12.6. The second kappa shape index (κ2) is 5.17. The Bertz CT molecular complexity index is 474. The highest BCUT2D eigenvalue weighted by Crippen LogP contribution is 2.26. The van der Waals surface area contributed by atoms with Crippen molar-refractivity contribution in [3.63, 3.8) is 0 Å². The van der Waals surface area contributed by atoms with Crippen LogP contribution < -0.4 is 0 Å². The SMILES string of the molecule is CCc1nn(C)c(CC2=CC(=O)CCC2)c1Br. The summed E-state index contributed by atoms with van der Waals surface area (Å²) in [5.41, 5.74) is 3.49. The van der Waals surface area contributed by atoms with E-state index in [0.717, 1.165) is 35.8 Å². The van der Waals surface area contributed by atoms with E-state index in [-0.39, 0.29) is 5.78 Å². The second-order valence-corrected chi connectivity index (χ2v) is 5.28. The Balaban J connectivity index is 2.24. The number of ketones is 1. The van der Waals surface area contributed by atoms with Gasteiger partial charge in [-0.25, -0.2) is 0 Å². The largest absolute Gasteiger partial charge is 0.295 e. The fourth-order valence-electron chi connectivity index (χ4n) is 2.23. The number of rotatable bonds is 3. The maximum absolute atomic E-state index is 11.4. The van der Waals surface area contributed by atoms with Gasteiger partial charge in [-0.05, 0) is 41.3 Å². The Hall–Kier alpha value is -0.900. The lowest BCUT2D eigenvalue weighted by molar-refractivity contribution is -0.115. The highest BCUT2D eigenvalue weighted by Gasteiger charge is 2.16. The summed E-state index contributed by atoms with van der Waals surface area (Å²) in [4.78, 5) is 11.4. The van der Waals surface area contributed by atoms with E-state index >= 15 is 0 Å². The molecule has 0 unspecified atom stereocenters. The van der Waals surface area contributed by atoms with E-state index in [1.807, 2.05) is 17.8 Å². The molecule has 0 saturated carbocycles. The summed E-state index contributed by atoms with van der Waals surface area (Å²) in [7, 11) is 1.96. The van der Waals surface area contributed by atoms with Crippen molar-refractivity contribution < 1.29 is 4.79 Å². The minimum absolute atomic E-state index is 0.264. The van der Waals surface area contributed by atoms with Crippen molar-refractivity contribution in [3.8, 4) is 0 Å². The molecule has 1 heterocycles. The monoisotopic (exact) mass is 296 g/mol. The molecule has 4 heteroatoms. The van der Waals surface area contributed by atoms with Crippen LogP contribution in [0.2, 0.25) is 0 Å². The lowest BCUT2D eigenvalue weighted by Gasteiger charge is -2.12. The molecule has 1 aromatic heterocycles. The number of nitrogens with zero attached hydrogens (tertiary/aromatic N) is 2. The van der Waals surface area contributed by atoms with Crippen LogP contribution in [-0.2, 0) is 24.7 Å². The number of allylic oxidation sites excluding steroid dienone is 2. The van der Waals surface area contributed by atoms with E-state index < -0.39 is 0 Å². The molecule has 1 aromatic rings. The van der Waals surface area contributed by atoms with Gasteiger partial charge in [-0.15, -0.1) is 0 Å². The fraction of sp³-hybridized carbons (Fsp3) is 0.538. The minimum Gasteiger partial charge on any atom is -0.295 e. The molecule has 1 aliphatic rings. The van der Waals surface area contributed by atoms with Crippen molar-refractivity contribution >= 4 is 21.7 Å². The summed E-state index contributed by atoms with van der Waals surface area (Å²) in [6.45, 7) is 2.10. The zero-order valence-electron chi connectivity index (χ0n) is 10.3. The molecular weight excluding hydrogens is 280 g/mol. The standard InChI is InChI=1S/C13H17BrN2O/c1-3-11-13(14)12(16(2)15-11)8-9-5-4-6-10(17)7-9/h7H,3-6,8H2,1-2H3. The lowest BCUT2D eigenvalue weighted by Crippen LogP contribution is -2.07. The van der Waals surface area contributed by atoms with Crippen molar-refractivity contribution in [1.29, 1.82) is 0 Å². The third-order valence-corrected chi connectivity index (χ3v) is 4.10. The number of carbonyl (C=O) groups excluding carboxylic acids is 1. The van der Waals surface area contributed by atoms with Gasteiger partial charge in [0, 0.05) is 19.9 Å². The van der Waals surface area contributed by atoms with Gasteiger partial charge < -0.3 is 0 Å². The van der Waals surface area contributed by atoms with Crippen LogP contribution >= 0.6 is 15.9 Å². The lowest BCUT2D eigenvalue weighted by atomic mass is 9.95. The van der Waals surface area contributed by atoms with Crippen LogP contribution in [-0.4, -0.2) is 15.6 Å². The maximum atomic E-state index is 11.4. The summed E-state index contributed by atoms with van der Waals surface area (Å²) in [6, 6.07) is 0. The Kier molecular flexibility index (Phi) is 3.82. The third-order valence-electron chi connectivity index (χ3n) is 3.18. The molecule has 1 aliphatic carbocycles. The average molecular weight is 297 g/mol. The number of halogens is 1. The topological polar surface area (TPSA) is 34.9 Å². The molecule has 0 atom stereocenters. The molecule has 0 aliphatic heterocycles. The predicted molar refractivity (Wildman–Crippen MR) is 70.9 cm³/mol. The highest BCUT2D eigenvalue weighted by atomic mass is 79.9. The summed E-state index contributed by atoms with van der Waals surface area (Å²) in [6.07, 6.45) is 6.29. The molecule has 0 aromatic carbocycles. The van der Waals surface area contributed by atoms with Crippen LogP contribution in [0.3, 0.4) is 0 Å². The number of carbonyl (C=O) groups is 1. The van der Waals surface area contributed by atoms with Crippen molar-refractivity contribution in [2.24, 2.45) is 7.05 Å². The molecule has 0 spiro atoms. The Morgan fingerprint density at radius 3 is 2.82 bits per heavy atom. The Morgan fingerprint density at radius 2 is 2.24 bits per heavy atom. The maximum Gasteiger partial charge on any atom is 0.155 e. The summed E-state index contributed by atoms with van der Waals surface area (Å²) in [5.74, 6) is 0.264. The predicted octanol–water partition coefficient (Wildman–Crippen LogP) is 2.97. The van der Waals surface area contributed by atoms with Gasteiger partial charge in [0.05, 0.1) is 15.9 Å². The van der Waals surface area contributed by atoms with Crippen molar-refractivity contribution in [3.05, 3.63) is 27.5 Å². The molecule has 0 fully saturated rings. The van der Waals surface area contributed by atoms with Crippen molar-refractivity contribution in [2.45, 2.75) is 39.0 Å². The summed E-state index contributed by atoms with van der Waals surface area (Å²) in [5, 5.41) is 4.47. The van der Waals surface area contributed by atoms with E-state index in [1.165, 1.54) is 11.3 Å². The average Bonchev–Trinajstić information content (AvgIpc) is 2.56. The van der Waals surface area contributed by atoms with Gasteiger partial charge in [-0.2, -0.15) is 5.10 Å². The molecule has 17 heavy (non-hydrogen) atoms. The zero-order valence-corrected chi connectivity index (χ0v) is 11.9. The molecule has 0 bridgehead atoms. The molecule has 0 saturated heterocycles. The third kappa shape index (κ3) is 2.68. The first-order chi connectivity index (χ1) is 8.11. The van der Waals surface area contributed by atoms with Gasteiger partial charge in [0.1, 0.15) is 0 Å². The van der Waals surface area contributed by atoms with Crippen LogP contribution in [0.5, 0.6) is 0 Å². The van der Waals surface area contributed by atoms with Crippen molar-refractivity contribution in [1.82, 2.24) is 9.78 Å². The Morgan fingerprint density at radius 1 is 1.47 bits per heavy atom. The Labute approximate surface area is 110 Å². The van der Waals surface area contributed by atoms with Crippen LogP contribution in [0.1, 0.15) is 37.6 Å². The van der Waals surface area contributed by atoms with Gasteiger partial charge in [-0.3, -0.25) is 9.48 Å². The van der Waals surface area contributed by atoms with Crippen LogP contribution in [0, 0.1) is 0 Å². The van der Waals surface area contributed by atoms with Gasteiger partial charge in [0.25, 0.3) is 0 Å². The second-order valence-electron chi connectivity index (χ2n) is 4.48. The van der Waals surface area contributed by atoms with Gasteiger partial charge in [0.2, 0.25) is 0 Å². The molecule has 2 rings (SSSR count). The zero-order chi connectivity index (χ0) is 12.4. The van der Waals surface area contributed by atoms with Gasteiger partial charge >= 0.3 is 0 Å². The summed E-state index contributed by atoms with van der Waals surface area (Å²) < 4.78 is 3.02. The van der Waals surface area contributed by atoms with E-state index in [9.17, 15) is 4.79 Å².